The van der Waals surface area contributed by atoms with E-state index in [-0.39, 0.29) is 23.0 Å². The third-order valence-corrected chi connectivity index (χ3v) is 7.19. The number of carbonyl (C=O) groups excluding carboxylic acids is 2. The molecule has 0 radical (unpaired) electrons. The second-order valence-corrected chi connectivity index (χ2v) is 9.96. The molecule has 0 fully saturated rings. The fraction of sp³-hybridized carbons (Fsp3) is 0.308. The highest BCUT2D eigenvalue weighted by atomic mass is 32.1. The molecule has 186 valence electrons. The molecule has 0 unspecified atom stereocenters. The van der Waals surface area contributed by atoms with Crippen LogP contribution >= 0.6 is 11.3 Å². The van der Waals surface area contributed by atoms with Crippen LogP contribution in [0.3, 0.4) is 0 Å². The van der Waals surface area contributed by atoms with Crippen LogP contribution < -0.4 is 5.32 Å². The summed E-state index contributed by atoms with van der Waals surface area (Å²) in [6.07, 6.45) is 1.61. The Hall–Kier alpha value is -3.66. The standard InChI is InChI=1S/C26H24F2N4O3S/c1-14(2)35-26(34)21-16-10-6-7-11-20(16)36-25(21)31-24(33)17-13-29-32-19(22(27)28)12-18(30-23(17)32)15-8-4-3-5-9-15/h3-5,8-9,12-14,22H,6-7,10-11H2,1-2H3,(H,31,33). The highest BCUT2D eigenvalue weighted by molar-refractivity contribution is 7.17. The second kappa shape index (κ2) is 9.77. The van der Waals surface area contributed by atoms with Gasteiger partial charge in [-0.05, 0) is 51.2 Å². The average molecular weight is 511 g/mol. The number of rotatable bonds is 6. The molecule has 1 aromatic carbocycles. The van der Waals surface area contributed by atoms with E-state index in [1.54, 1.807) is 38.1 Å². The van der Waals surface area contributed by atoms with E-state index in [9.17, 15) is 18.4 Å². The number of nitrogens with zero attached hydrogens (tertiary/aromatic N) is 3. The number of carbonyl (C=O) groups is 2. The van der Waals surface area contributed by atoms with E-state index in [2.05, 4.69) is 15.4 Å². The molecule has 10 heteroatoms. The first-order valence-electron chi connectivity index (χ1n) is 11.7. The molecule has 36 heavy (non-hydrogen) atoms. The first-order valence-corrected chi connectivity index (χ1v) is 12.5. The van der Waals surface area contributed by atoms with Crippen molar-refractivity contribution in [2.24, 2.45) is 0 Å². The summed E-state index contributed by atoms with van der Waals surface area (Å²) in [5.41, 5.74) is 1.91. The van der Waals surface area contributed by atoms with Gasteiger partial charge in [0.2, 0.25) is 0 Å². The second-order valence-electron chi connectivity index (χ2n) is 8.85. The van der Waals surface area contributed by atoms with Gasteiger partial charge in [0, 0.05) is 10.4 Å². The Morgan fingerprint density at radius 2 is 1.89 bits per heavy atom. The SMILES string of the molecule is CC(C)OC(=O)c1c(NC(=O)c2cnn3c(C(F)F)cc(-c4ccccc4)nc23)sc2c1CCCC2. The Kier molecular flexibility index (Phi) is 6.53. The lowest BCUT2D eigenvalue weighted by Gasteiger charge is -2.14. The minimum Gasteiger partial charge on any atom is -0.459 e. The summed E-state index contributed by atoms with van der Waals surface area (Å²) in [7, 11) is 0. The van der Waals surface area contributed by atoms with Gasteiger partial charge in [-0.2, -0.15) is 5.10 Å². The number of hydrogen-bond acceptors (Lipinski definition) is 6. The maximum atomic E-state index is 13.9. The monoisotopic (exact) mass is 510 g/mol. The highest BCUT2D eigenvalue weighted by Crippen LogP contribution is 2.39. The van der Waals surface area contributed by atoms with Crippen molar-refractivity contribution in [1.29, 1.82) is 0 Å². The number of alkyl halides is 2. The van der Waals surface area contributed by atoms with Crippen molar-refractivity contribution >= 4 is 33.9 Å². The highest BCUT2D eigenvalue weighted by Gasteiger charge is 2.29. The normalized spacial score (nSPS) is 13.3. The zero-order chi connectivity index (χ0) is 25.4. The predicted molar refractivity (Wildman–Crippen MR) is 133 cm³/mol. The molecule has 0 spiro atoms. The lowest BCUT2D eigenvalue weighted by molar-refractivity contribution is 0.0378. The minimum atomic E-state index is -2.82. The maximum Gasteiger partial charge on any atom is 0.341 e. The van der Waals surface area contributed by atoms with Gasteiger partial charge < -0.3 is 10.1 Å². The van der Waals surface area contributed by atoms with Crippen molar-refractivity contribution in [1.82, 2.24) is 14.6 Å². The number of amides is 1. The van der Waals surface area contributed by atoms with Gasteiger partial charge in [0.25, 0.3) is 12.3 Å². The molecular formula is C26H24F2N4O3S. The number of anilines is 1. The summed E-state index contributed by atoms with van der Waals surface area (Å²) < 4.78 is 34.2. The molecule has 0 aliphatic heterocycles. The van der Waals surface area contributed by atoms with Crippen molar-refractivity contribution in [2.45, 2.75) is 52.1 Å². The number of ether oxygens (including phenoxy) is 1. The zero-order valence-corrected chi connectivity index (χ0v) is 20.6. The first-order chi connectivity index (χ1) is 17.3. The lowest BCUT2D eigenvalue weighted by Crippen LogP contribution is -2.18. The van der Waals surface area contributed by atoms with Gasteiger partial charge in [-0.15, -0.1) is 11.3 Å². The number of nitrogens with one attached hydrogen (secondary N) is 1. The fourth-order valence-corrected chi connectivity index (χ4v) is 5.64. The summed E-state index contributed by atoms with van der Waals surface area (Å²) in [6.45, 7) is 3.54. The van der Waals surface area contributed by atoms with Gasteiger partial charge in [0.1, 0.15) is 16.3 Å². The van der Waals surface area contributed by atoms with Crippen molar-refractivity contribution in [3.8, 4) is 11.3 Å². The van der Waals surface area contributed by atoms with E-state index in [4.69, 9.17) is 4.74 Å². The molecule has 1 aliphatic carbocycles. The molecule has 3 heterocycles. The maximum absolute atomic E-state index is 13.9. The van der Waals surface area contributed by atoms with Gasteiger partial charge in [-0.3, -0.25) is 4.79 Å². The van der Waals surface area contributed by atoms with Crippen LogP contribution in [0.25, 0.3) is 16.9 Å². The van der Waals surface area contributed by atoms with Crippen LogP contribution in [0.4, 0.5) is 13.8 Å². The summed E-state index contributed by atoms with van der Waals surface area (Å²) in [5, 5.41) is 7.24. The lowest BCUT2D eigenvalue weighted by atomic mass is 9.95. The number of aromatic nitrogens is 3. The minimum absolute atomic E-state index is 0.0109. The summed E-state index contributed by atoms with van der Waals surface area (Å²) >= 11 is 1.36. The van der Waals surface area contributed by atoms with Crippen LogP contribution in [0.15, 0.2) is 42.6 Å². The largest absolute Gasteiger partial charge is 0.459 e. The number of benzene rings is 1. The van der Waals surface area contributed by atoms with Crippen molar-refractivity contribution in [3.05, 3.63) is 69.9 Å². The van der Waals surface area contributed by atoms with E-state index >= 15 is 0 Å². The molecule has 1 aliphatic rings. The number of thiophene rings is 1. The van der Waals surface area contributed by atoms with E-state index in [0.717, 1.165) is 40.6 Å². The Morgan fingerprint density at radius 3 is 2.61 bits per heavy atom. The molecule has 7 nitrogen and oxygen atoms in total. The molecule has 0 bridgehead atoms. The van der Waals surface area contributed by atoms with Crippen molar-refractivity contribution in [3.63, 3.8) is 0 Å². The molecule has 4 aromatic rings. The Labute approximate surface area is 210 Å². The van der Waals surface area contributed by atoms with Gasteiger partial charge in [-0.1, -0.05) is 30.3 Å². The molecule has 3 aromatic heterocycles. The third kappa shape index (κ3) is 4.48. The molecular weight excluding hydrogens is 486 g/mol. The van der Waals surface area contributed by atoms with Crippen LogP contribution in [-0.2, 0) is 17.6 Å². The molecule has 0 saturated heterocycles. The van der Waals surface area contributed by atoms with E-state index in [1.165, 1.54) is 23.6 Å². The van der Waals surface area contributed by atoms with E-state index in [1.807, 2.05) is 6.07 Å². The average Bonchev–Trinajstić information content (AvgIpc) is 3.44. The van der Waals surface area contributed by atoms with Gasteiger partial charge in [0.05, 0.1) is 23.6 Å². The van der Waals surface area contributed by atoms with Crippen LogP contribution in [0.2, 0.25) is 0 Å². The Morgan fingerprint density at radius 1 is 1.14 bits per heavy atom. The van der Waals surface area contributed by atoms with Crippen LogP contribution in [0.5, 0.6) is 0 Å². The van der Waals surface area contributed by atoms with Gasteiger partial charge >= 0.3 is 5.97 Å². The number of esters is 1. The number of halogens is 2. The van der Waals surface area contributed by atoms with Crippen LogP contribution in [0.1, 0.15) is 70.0 Å². The van der Waals surface area contributed by atoms with E-state index in [0.29, 0.717) is 21.8 Å². The summed E-state index contributed by atoms with van der Waals surface area (Å²) in [5.74, 6) is -1.07. The van der Waals surface area contributed by atoms with Gasteiger partial charge in [-0.25, -0.2) is 23.1 Å². The molecule has 0 saturated carbocycles. The smallest absolute Gasteiger partial charge is 0.341 e. The number of aryl methyl sites for hydroxylation is 1. The van der Waals surface area contributed by atoms with Crippen molar-refractivity contribution in [2.75, 3.05) is 5.32 Å². The zero-order valence-electron chi connectivity index (χ0n) is 19.8. The predicted octanol–water partition coefficient (Wildman–Crippen LogP) is 6.09. The molecule has 5 rings (SSSR count). The van der Waals surface area contributed by atoms with E-state index < -0.39 is 18.3 Å². The van der Waals surface area contributed by atoms with Crippen LogP contribution in [0, 0.1) is 0 Å². The van der Waals surface area contributed by atoms with Gasteiger partial charge in [0.15, 0.2) is 5.65 Å². The number of hydrogen-bond donors (Lipinski definition) is 1. The van der Waals surface area contributed by atoms with Crippen molar-refractivity contribution < 1.29 is 23.1 Å². The Bertz CT molecular complexity index is 1450. The first kappa shape index (κ1) is 24.1. The Balaban J connectivity index is 1.56. The quantitative estimate of drug-likeness (QED) is 0.317. The molecule has 1 N–H and O–H groups in total. The van der Waals surface area contributed by atoms with Crippen LogP contribution in [-0.4, -0.2) is 32.6 Å². The molecule has 0 atom stereocenters. The topological polar surface area (TPSA) is 85.6 Å². The summed E-state index contributed by atoms with van der Waals surface area (Å²) in [6, 6.07) is 10.2. The molecule has 1 amide bonds. The third-order valence-electron chi connectivity index (χ3n) is 5.98. The number of fused-ring (bicyclic) bond motifs is 2. The fourth-order valence-electron chi connectivity index (χ4n) is 4.37. The summed E-state index contributed by atoms with van der Waals surface area (Å²) in [4.78, 5) is 31.9.